The lowest BCUT2D eigenvalue weighted by Crippen LogP contribution is -1.88. The molecule has 0 heteroatoms. The molecule has 0 fully saturated rings. The lowest BCUT2D eigenvalue weighted by molar-refractivity contribution is 1.04. The number of hydrogen-bond donors (Lipinski definition) is 0. The first-order valence-corrected chi connectivity index (χ1v) is 7.75. The van der Waals surface area contributed by atoms with E-state index in [1.165, 1.54) is 27.8 Å². The van der Waals surface area contributed by atoms with E-state index in [2.05, 4.69) is 77.1 Å². The highest BCUT2D eigenvalue weighted by Gasteiger charge is 1.95. The summed E-state index contributed by atoms with van der Waals surface area (Å²) < 4.78 is 0. The Hall–Kier alpha value is -1.56. The summed E-state index contributed by atoms with van der Waals surface area (Å²) in [5.74, 6) is 0. The minimum Gasteiger partial charge on any atom is -0.0620 e. The van der Waals surface area contributed by atoms with Crippen molar-refractivity contribution >= 4 is 0 Å². The van der Waals surface area contributed by atoms with Gasteiger partial charge in [0.05, 0.1) is 0 Å². The van der Waals surface area contributed by atoms with Crippen LogP contribution >= 0.6 is 0 Å². The molecule has 2 aromatic carbocycles. The van der Waals surface area contributed by atoms with Gasteiger partial charge in [0.2, 0.25) is 0 Å². The Balaban J connectivity index is 0.000000200. The molecule has 0 bridgehead atoms. The predicted molar refractivity (Wildman–Crippen MR) is 90.5 cm³/mol. The van der Waals surface area contributed by atoms with Crippen LogP contribution in [0.1, 0.15) is 48.6 Å². The molecule has 108 valence electrons. The normalized spacial score (nSPS) is 9.85. The molecule has 0 aromatic heterocycles. The van der Waals surface area contributed by atoms with E-state index in [1.54, 1.807) is 0 Å². The molecule has 0 aliphatic heterocycles. The second kappa shape index (κ2) is 8.58. The summed E-state index contributed by atoms with van der Waals surface area (Å²) in [5.41, 5.74) is 7.30. The maximum Gasteiger partial charge on any atom is -0.0305 e. The van der Waals surface area contributed by atoms with E-state index in [1.807, 2.05) is 0 Å². The van der Waals surface area contributed by atoms with Gasteiger partial charge < -0.3 is 0 Å². The summed E-state index contributed by atoms with van der Waals surface area (Å²) in [7, 11) is 0. The number of benzene rings is 2. The zero-order chi connectivity index (χ0) is 15.0. The first kappa shape index (κ1) is 16.5. The monoisotopic (exact) mass is 268 g/mol. The molecule has 2 aromatic rings. The Morgan fingerprint density at radius 1 is 0.600 bits per heavy atom. The number of aryl methyl sites for hydroxylation is 4. The molecule has 0 spiro atoms. The largest absolute Gasteiger partial charge is 0.0620 e. The van der Waals surface area contributed by atoms with Gasteiger partial charge in [0.1, 0.15) is 0 Å². The smallest absolute Gasteiger partial charge is 0.0305 e. The zero-order valence-electron chi connectivity index (χ0n) is 13.7. The van der Waals surface area contributed by atoms with E-state index in [0.717, 1.165) is 19.3 Å². The maximum atomic E-state index is 2.21. The molecule has 0 unspecified atom stereocenters. The Kier molecular flexibility index (Phi) is 7.08. The Labute approximate surface area is 124 Å². The van der Waals surface area contributed by atoms with Crippen molar-refractivity contribution in [1.29, 1.82) is 0 Å². The van der Waals surface area contributed by atoms with Gasteiger partial charge in [0.25, 0.3) is 0 Å². The van der Waals surface area contributed by atoms with Crippen LogP contribution in [0.15, 0.2) is 42.5 Å². The minimum atomic E-state index is 1.15. The van der Waals surface area contributed by atoms with Crippen LogP contribution in [0.25, 0.3) is 0 Å². The van der Waals surface area contributed by atoms with Crippen molar-refractivity contribution in [1.82, 2.24) is 0 Å². The van der Waals surface area contributed by atoms with Crippen molar-refractivity contribution in [2.45, 2.75) is 53.9 Å². The third kappa shape index (κ3) is 4.52. The van der Waals surface area contributed by atoms with Crippen molar-refractivity contribution in [3.8, 4) is 0 Å². The third-order valence-electron chi connectivity index (χ3n) is 3.98. The molecule has 0 nitrogen and oxygen atoms in total. The Morgan fingerprint density at radius 2 is 1.05 bits per heavy atom. The molecular weight excluding hydrogens is 240 g/mol. The fraction of sp³-hybridized carbons (Fsp3) is 0.400. The van der Waals surface area contributed by atoms with Crippen molar-refractivity contribution in [3.05, 3.63) is 70.3 Å². The second-order valence-electron chi connectivity index (χ2n) is 5.19. The van der Waals surface area contributed by atoms with Gasteiger partial charge in [-0.3, -0.25) is 0 Å². The summed E-state index contributed by atoms with van der Waals surface area (Å²) in [6.45, 7) is 11.0. The van der Waals surface area contributed by atoms with E-state index in [4.69, 9.17) is 0 Å². The van der Waals surface area contributed by atoms with Gasteiger partial charge in [0, 0.05) is 0 Å². The van der Waals surface area contributed by atoms with Gasteiger partial charge in [-0.05, 0) is 60.9 Å². The average molecular weight is 268 g/mol. The van der Waals surface area contributed by atoms with Crippen LogP contribution in [-0.2, 0) is 19.3 Å². The minimum absolute atomic E-state index is 1.15. The van der Waals surface area contributed by atoms with Crippen LogP contribution in [-0.4, -0.2) is 0 Å². The molecule has 0 heterocycles. The lowest BCUT2D eigenvalue weighted by Gasteiger charge is -2.04. The summed E-state index contributed by atoms with van der Waals surface area (Å²) in [6.07, 6.45) is 3.46. The van der Waals surface area contributed by atoms with Gasteiger partial charge in [-0.2, -0.15) is 0 Å². The van der Waals surface area contributed by atoms with E-state index in [0.29, 0.717) is 0 Å². The summed E-state index contributed by atoms with van der Waals surface area (Å²) in [6, 6.07) is 15.1. The van der Waals surface area contributed by atoms with E-state index >= 15 is 0 Å². The van der Waals surface area contributed by atoms with Crippen molar-refractivity contribution in [2.75, 3.05) is 0 Å². The molecule has 0 amide bonds. The van der Waals surface area contributed by atoms with Gasteiger partial charge >= 0.3 is 0 Å². The molecular formula is C20H28. The van der Waals surface area contributed by atoms with Crippen LogP contribution in [0.2, 0.25) is 0 Å². The molecule has 0 atom stereocenters. The molecule has 0 aliphatic carbocycles. The maximum absolute atomic E-state index is 2.21. The van der Waals surface area contributed by atoms with Crippen molar-refractivity contribution in [2.24, 2.45) is 0 Å². The molecule has 2 rings (SSSR count). The predicted octanol–water partition coefficient (Wildman–Crippen LogP) is 5.68. The molecule has 0 radical (unpaired) electrons. The fourth-order valence-corrected chi connectivity index (χ4v) is 2.44. The van der Waals surface area contributed by atoms with Gasteiger partial charge in [-0.1, -0.05) is 63.2 Å². The molecule has 20 heavy (non-hydrogen) atoms. The van der Waals surface area contributed by atoms with Crippen LogP contribution in [0.4, 0.5) is 0 Å². The first-order chi connectivity index (χ1) is 9.63. The average Bonchev–Trinajstić information content (AvgIpc) is 2.50. The number of rotatable bonds is 3. The van der Waals surface area contributed by atoms with E-state index in [-0.39, 0.29) is 0 Å². The lowest BCUT2D eigenvalue weighted by atomic mass is 10.0. The topological polar surface area (TPSA) is 0 Å². The second-order valence-corrected chi connectivity index (χ2v) is 5.19. The third-order valence-corrected chi connectivity index (χ3v) is 3.98. The summed E-state index contributed by atoms with van der Waals surface area (Å²) in [4.78, 5) is 0. The Morgan fingerprint density at radius 3 is 1.45 bits per heavy atom. The molecule has 0 aliphatic rings. The Bertz CT molecular complexity index is 500. The molecule has 0 saturated heterocycles. The van der Waals surface area contributed by atoms with Gasteiger partial charge in [0.15, 0.2) is 0 Å². The van der Waals surface area contributed by atoms with Crippen LogP contribution < -0.4 is 0 Å². The summed E-state index contributed by atoms with van der Waals surface area (Å²) >= 11 is 0. The van der Waals surface area contributed by atoms with Crippen LogP contribution in [0, 0.1) is 13.8 Å². The van der Waals surface area contributed by atoms with Crippen molar-refractivity contribution < 1.29 is 0 Å². The van der Waals surface area contributed by atoms with E-state index < -0.39 is 0 Å². The van der Waals surface area contributed by atoms with Gasteiger partial charge in [-0.25, -0.2) is 0 Å². The highest BCUT2D eigenvalue weighted by Crippen LogP contribution is 2.12. The fourth-order valence-electron chi connectivity index (χ4n) is 2.44. The van der Waals surface area contributed by atoms with Gasteiger partial charge in [-0.15, -0.1) is 0 Å². The highest BCUT2D eigenvalue weighted by molar-refractivity contribution is 5.32. The first-order valence-electron chi connectivity index (χ1n) is 7.75. The zero-order valence-corrected chi connectivity index (χ0v) is 13.7. The molecule has 0 N–H and O–H groups in total. The summed E-state index contributed by atoms with van der Waals surface area (Å²) in [5, 5.41) is 0. The quantitative estimate of drug-likeness (QED) is 0.672. The van der Waals surface area contributed by atoms with Crippen LogP contribution in [0.3, 0.4) is 0 Å². The number of hydrogen-bond acceptors (Lipinski definition) is 0. The highest BCUT2D eigenvalue weighted by atomic mass is 14.0. The van der Waals surface area contributed by atoms with E-state index in [9.17, 15) is 0 Å². The van der Waals surface area contributed by atoms with Crippen molar-refractivity contribution in [3.63, 3.8) is 0 Å². The molecule has 0 saturated carbocycles. The van der Waals surface area contributed by atoms with Crippen LogP contribution in [0.5, 0.6) is 0 Å². The standard InChI is InChI=1S/2C10H14/c1-4-10-7-5-6-8(2)9(10)3;1-3-9-7-5-6-8-10(9)4-2/h5-7H,4H2,1-3H3;5-8H,3-4H2,1-2H3. The SMILES string of the molecule is CCc1cccc(C)c1C.CCc1ccccc1CC.